The molecule has 26 heavy (non-hydrogen) atoms. The Kier molecular flexibility index (Phi) is 4.57. The van der Waals surface area contributed by atoms with Gasteiger partial charge in [0.05, 0.1) is 11.3 Å². The number of para-hydroxylation sites is 1. The highest BCUT2D eigenvalue weighted by atomic mass is 19.4. The first-order valence-electron chi connectivity index (χ1n) is 7.48. The van der Waals surface area contributed by atoms with Crippen LogP contribution in [0.4, 0.5) is 18.9 Å². The third-order valence-corrected chi connectivity index (χ3v) is 3.57. The van der Waals surface area contributed by atoms with Gasteiger partial charge in [0, 0.05) is 11.8 Å². The molecule has 3 aromatic rings. The first kappa shape index (κ1) is 17.4. The SMILES string of the molecule is O=C(Nc1ccccc1C(F)(F)F)c1cnc(-c2ccccc2)[nH]c1=O. The Bertz CT molecular complexity index is 998. The highest BCUT2D eigenvalue weighted by molar-refractivity contribution is 6.04. The zero-order chi connectivity index (χ0) is 18.7. The molecule has 0 bridgehead atoms. The lowest BCUT2D eigenvalue weighted by Crippen LogP contribution is -2.25. The number of H-pyrrole nitrogens is 1. The van der Waals surface area contributed by atoms with Crippen LogP contribution in [-0.4, -0.2) is 15.9 Å². The molecule has 0 aliphatic rings. The molecule has 1 heterocycles. The van der Waals surface area contributed by atoms with Crippen LogP contribution in [0.3, 0.4) is 0 Å². The van der Waals surface area contributed by atoms with Crippen LogP contribution in [0.15, 0.2) is 65.6 Å². The van der Waals surface area contributed by atoms with Crippen molar-refractivity contribution in [2.45, 2.75) is 6.18 Å². The number of aromatic nitrogens is 2. The molecule has 2 N–H and O–H groups in total. The van der Waals surface area contributed by atoms with E-state index in [-0.39, 0.29) is 11.4 Å². The maximum atomic E-state index is 13.0. The van der Waals surface area contributed by atoms with Crippen molar-refractivity contribution >= 4 is 11.6 Å². The fraction of sp³-hybridized carbons (Fsp3) is 0.0556. The van der Waals surface area contributed by atoms with Crippen LogP contribution < -0.4 is 10.9 Å². The van der Waals surface area contributed by atoms with Crippen molar-refractivity contribution in [3.63, 3.8) is 0 Å². The minimum atomic E-state index is -4.63. The van der Waals surface area contributed by atoms with Crippen molar-refractivity contribution in [3.05, 3.63) is 82.3 Å². The molecule has 0 aliphatic heterocycles. The van der Waals surface area contributed by atoms with E-state index in [1.807, 2.05) is 0 Å². The van der Waals surface area contributed by atoms with Gasteiger partial charge in [-0.15, -0.1) is 0 Å². The minimum Gasteiger partial charge on any atom is -0.321 e. The molecule has 0 unspecified atom stereocenters. The van der Waals surface area contributed by atoms with E-state index in [0.717, 1.165) is 18.3 Å². The average molecular weight is 359 g/mol. The van der Waals surface area contributed by atoms with Crippen LogP contribution in [0, 0.1) is 0 Å². The van der Waals surface area contributed by atoms with Crippen molar-refractivity contribution in [1.82, 2.24) is 9.97 Å². The van der Waals surface area contributed by atoms with Gasteiger partial charge in [0.25, 0.3) is 11.5 Å². The molecule has 0 fully saturated rings. The summed E-state index contributed by atoms with van der Waals surface area (Å²) in [6.45, 7) is 0. The summed E-state index contributed by atoms with van der Waals surface area (Å²) in [6, 6.07) is 13.3. The Balaban J connectivity index is 1.89. The van der Waals surface area contributed by atoms with E-state index >= 15 is 0 Å². The van der Waals surface area contributed by atoms with Gasteiger partial charge in [-0.1, -0.05) is 42.5 Å². The van der Waals surface area contributed by atoms with Gasteiger partial charge in [0.15, 0.2) is 0 Å². The number of benzene rings is 2. The largest absolute Gasteiger partial charge is 0.418 e. The summed E-state index contributed by atoms with van der Waals surface area (Å²) in [7, 11) is 0. The zero-order valence-electron chi connectivity index (χ0n) is 13.2. The Morgan fingerprint density at radius 2 is 1.65 bits per heavy atom. The molecule has 132 valence electrons. The third kappa shape index (κ3) is 3.64. The number of halogens is 3. The number of anilines is 1. The lowest BCUT2D eigenvalue weighted by Gasteiger charge is -2.13. The van der Waals surface area contributed by atoms with Crippen molar-refractivity contribution < 1.29 is 18.0 Å². The fourth-order valence-corrected chi connectivity index (χ4v) is 2.33. The summed E-state index contributed by atoms with van der Waals surface area (Å²) in [5, 5.41) is 2.11. The smallest absolute Gasteiger partial charge is 0.321 e. The maximum absolute atomic E-state index is 13.0. The summed E-state index contributed by atoms with van der Waals surface area (Å²) in [4.78, 5) is 30.8. The number of rotatable bonds is 3. The average Bonchev–Trinajstić information content (AvgIpc) is 2.62. The zero-order valence-corrected chi connectivity index (χ0v) is 13.2. The van der Waals surface area contributed by atoms with Gasteiger partial charge in [-0.3, -0.25) is 9.59 Å². The summed E-state index contributed by atoms with van der Waals surface area (Å²) in [5.41, 5.74) is -1.93. The van der Waals surface area contributed by atoms with E-state index in [1.165, 1.54) is 12.1 Å². The standard InChI is InChI=1S/C18H12F3N3O2/c19-18(20,21)13-8-4-5-9-14(13)23-16(25)12-10-22-15(24-17(12)26)11-6-2-1-3-7-11/h1-10H,(H,23,25)(H,22,24,26). The monoisotopic (exact) mass is 359 g/mol. The van der Waals surface area contributed by atoms with E-state index in [9.17, 15) is 22.8 Å². The first-order valence-corrected chi connectivity index (χ1v) is 7.48. The Morgan fingerprint density at radius 1 is 1.00 bits per heavy atom. The van der Waals surface area contributed by atoms with Gasteiger partial charge in [0.2, 0.25) is 0 Å². The normalized spacial score (nSPS) is 11.2. The highest BCUT2D eigenvalue weighted by Crippen LogP contribution is 2.34. The summed E-state index contributed by atoms with van der Waals surface area (Å²) in [6.07, 6.45) is -3.60. The molecule has 5 nitrogen and oxygen atoms in total. The Hall–Kier alpha value is -3.42. The van der Waals surface area contributed by atoms with Crippen LogP contribution in [-0.2, 0) is 6.18 Å². The molecular formula is C18H12F3N3O2. The van der Waals surface area contributed by atoms with E-state index in [1.54, 1.807) is 30.3 Å². The number of nitrogens with zero attached hydrogens (tertiary/aromatic N) is 1. The Labute approximate surface area is 145 Å². The summed E-state index contributed by atoms with van der Waals surface area (Å²) >= 11 is 0. The number of alkyl halides is 3. The van der Waals surface area contributed by atoms with Crippen LogP contribution in [0.25, 0.3) is 11.4 Å². The van der Waals surface area contributed by atoms with Gasteiger partial charge in [-0.05, 0) is 12.1 Å². The van der Waals surface area contributed by atoms with E-state index in [0.29, 0.717) is 5.56 Å². The molecule has 0 atom stereocenters. The van der Waals surface area contributed by atoms with E-state index in [4.69, 9.17) is 0 Å². The lowest BCUT2D eigenvalue weighted by molar-refractivity contribution is -0.136. The Morgan fingerprint density at radius 3 is 2.31 bits per heavy atom. The molecule has 0 spiro atoms. The minimum absolute atomic E-state index is 0.253. The van der Waals surface area contributed by atoms with Crippen LogP contribution in [0.2, 0.25) is 0 Å². The molecule has 1 amide bonds. The van der Waals surface area contributed by atoms with Gasteiger partial charge in [-0.2, -0.15) is 13.2 Å². The summed E-state index contributed by atoms with van der Waals surface area (Å²) in [5.74, 6) is -0.724. The highest BCUT2D eigenvalue weighted by Gasteiger charge is 2.33. The van der Waals surface area contributed by atoms with Gasteiger partial charge in [-0.25, -0.2) is 4.98 Å². The van der Waals surface area contributed by atoms with Crippen molar-refractivity contribution in [1.29, 1.82) is 0 Å². The number of carbonyl (C=O) groups excluding carboxylic acids is 1. The second-order valence-corrected chi connectivity index (χ2v) is 5.34. The van der Waals surface area contributed by atoms with Gasteiger partial charge >= 0.3 is 6.18 Å². The predicted octanol–water partition coefficient (Wildman–Crippen LogP) is 3.71. The molecule has 3 rings (SSSR count). The second kappa shape index (κ2) is 6.83. The van der Waals surface area contributed by atoms with Crippen molar-refractivity contribution in [2.75, 3.05) is 5.32 Å². The molecule has 1 aromatic heterocycles. The molecule has 0 saturated carbocycles. The van der Waals surface area contributed by atoms with E-state index < -0.39 is 28.9 Å². The third-order valence-electron chi connectivity index (χ3n) is 3.57. The molecule has 8 heteroatoms. The number of hydrogen-bond donors (Lipinski definition) is 2. The lowest BCUT2D eigenvalue weighted by atomic mass is 10.1. The van der Waals surface area contributed by atoms with Crippen LogP contribution in [0.5, 0.6) is 0 Å². The van der Waals surface area contributed by atoms with Crippen molar-refractivity contribution in [3.8, 4) is 11.4 Å². The molecule has 0 saturated heterocycles. The van der Waals surface area contributed by atoms with Crippen LogP contribution >= 0.6 is 0 Å². The number of aromatic amines is 1. The van der Waals surface area contributed by atoms with Crippen molar-refractivity contribution in [2.24, 2.45) is 0 Å². The fourth-order valence-electron chi connectivity index (χ4n) is 2.33. The van der Waals surface area contributed by atoms with Gasteiger partial charge < -0.3 is 10.3 Å². The molecule has 2 aromatic carbocycles. The number of nitrogens with one attached hydrogen (secondary N) is 2. The topological polar surface area (TPSA) is 74.8 Å². The number of hydrogen-bond acceptors (Lipinski definition) is 3. The van der Waals surface area contributed by atoms with Gasteiger partial charge in [0.1, 0.15) is 11.4 Å². The number of amides is 1. The first-order chi connectivity index (χ1) is 12.4. The van der Waals surface area contributed by atoms with Crippen LogP contribution in [0.1, 0.15) is 15.9 Å². The predicted molar refractivity (Wildman–Crippen MR) is 89.7 cm³/mol. The molecule has 0 radical (unpaired) electrons. The molecular weight excluding hydrogens is 347 g/mol. The summed E-state index contributed by atoms with van der Waals surface area (Å²) < 4.78 is 39.0. The quantitative estimate of drug-likeness (QED) is 0.749. The van der Waals surface area contributed by atoms with E-state index in [2.05, 4.69) is 15.3 Å². The maximum Gasteiger partial charge on any atom is 0.418 e. The molecule has 0 aliphatic carbocycles. The second-order valence-electron chi connectivity index (χ2n) is 5.34. The number of carbonyl (C=O) groups is 1.